The number of aromatic nitrogens is 1. The summed E-state index contributed by atoms with van der Waals surface area (Å²) < 4.78 is 2.35. The van der Waals surface area contributed by atoms with Gasteiger partial charge < -0.3 is 14.4 Å². The van der Waals surface area contributed by atoms with E-state index in [0.717, 1.165) is 78.3 Å². The van der Waals surface area contributed by atoms with Crippen LogP contribution in [-0.2, 0) is 0 Å². The number of anilines is 6. The molecule has 4 heteroatoms. The molecule has 0 aliphatic rings. The van der Waals surface area contributed by atoms with Gasteiger partial charge in [-0.2, -0.15) is 5.26 Å². The third-order valence-corrected chi connectivity index (χ3v) is 13.2. The molecular weight excluding hydrogens is 837 g/mol. The number of benzene rings is 11. The van der Waals surface area contributed by atoms with Crippen molar-refractivity contribution in [1.82, 2.24) is 4.57 Å². The summed E-state index contributed by atoms with van der Waals surface area (Å²) in [5.74, 6) is 0. The first-order valence-corrected chi connectivity index (χ1v) is 23.3. The van der Waals surface area contributed by atoms with E-state index in [2.05, 4.69) is 263 Å². The fraction of sp³-hybridized carbons (Fsp3) is 0. The average molecular weight is 881 g/mol. The number of rotatable bonds is 10. The van der Waals surface area contributed by atoms with Gasteiger partial charge in [0.15, 0.2) is 0 Å². The first-order chi connectivity index (χ1) is 34.2. The lowest BCUT2D eigenvalue weighted by Gasteiger charge is -2.28. The quantitative estimate of drug-likeness (QED) is 0.137. The third kappa shape index (κ3) is 7.65. The Morgan fingerprint density at radius 3 is 1.48 bits per heavy atom. The average Bonchev–Trinajstić information content (AvgIpc) is 3.76. The van der Waals surface area contributed by atoms with Crippen LogP contribution in [0.15, 0.2) is 267 Å². The van der Waals surface area contributed by atoms with E-state index in [0.29, 0.717) is 5.56 Å². The minimum absolute atomic E-state index is 0.621. The van der Waals surface area contributed by atoms with Gasteiger partial charge >= 0.3 is 0 Å². The van der Waals surface area contributed by atoms with E-state index in [1.165, 1.54) is 27.5 Å². The maximum Gasteiger partial charge on any atom is 0.0991 e. The molecule has 0 aliphatic carbocycles. The van der Waals surface area contributed by atoms with Crippen molar-refractivity contribution in [2.45, 2.75) is 0 Å². The Morgan fingerprint density at radius 1 is 0.304 bits per heavy atom. The molecule has 12 rings (SSSR count). The van der Waals surface area contributed by atoms with E-state index in [-0.39, 0.29) is 0 Å². The van der Waals surface area contributed by atoms with Crippen LogP contribution in [-0.4, -0.2) is 4.57 Å². The molecule has 0 fully saturated rings. The lowest BCUT2D eigenvalue weighted by atomic mass is 9.95. The lowest BCUT2D eigenvalue weighted by Crippen LogP contribution is -2.11. The van der Waals surface area contributed by atoms with Crippen molar-refractivity contribution in [3.8, 4) is 45.1 Å². The van der Waals surface area contributed by atoms with Gasteiger partial charge in [-0.15, -0.1) is 0 Å². The van der Waals surface area contributed by atoms with Crippen molar-refractivity contribution in [1.29, 1.82) is 5.26 Å². The number of hydrogen-bond donors (Lipinski definition) is 0. The van der Waals surface area contributed by atoms with E-state index in [9.17, 15) is 5.26 Å². The summed E-state index contributed by atoms with van der Waals surface area (Å²) in [6.07, 6.45) is 0. The number of nitriles is 1. The predicted molar refractivity (Wildman–Crippen MR) is 289 cm³/mol. The monoisotopic (exact) mass is 880 g/mol. The summed E-state index contributed by atoms with van der Waals surface area (Å²) in [6.45, 7) is 0. The second-order valence-electron chi connectivity index (χ2n) is 17.3. The van der Waals surface area contributed by atoms with Gasteiger partial charge in [0.25, 0.3) is 0 Å². The number of nitrogens with zero attached hydrogens (tertiary/aromatic N) is 4. The van der Waals surface area contributed by atoms with Gasteiger partial charge in [-0.25, -0.2) is 0 Å². The Bertz CT molecular complexity index is 3820. The molecule has 0 atom stereocenters. The van der Waals surface area contributed by atoms with Crippen LogP contribution in [0.5, 0.6) is 0 Å². The maximum absolute atomic E-state index is 9.79. The highest BCUT2D eigenvalue weighted by Crippen LogP contribution is 2.45. The highest BCUT2D eigenvalue weighted by atomic mass is 15.1. The van der Waals surface area contributed by atoms with Crippen molar-refractivity contribution in [2.75, 3.05) is 9.80 Å². The maximum atomic E-state index is 9.79. The van der Waals surface area contributed by atoms with Gasteiger partial charge in [-0.05, 0) is 142 Å². The van der Waals surface area contributed by atoms with E-state index < -0.39 is 0 Å². The van der Waals surface area contributed by atoms with Crippen LogP contribution < -0.4 is 9.80 Å². The topological polar surface area (TPSA) is 35.2 Å². The molecule has 0 spiro atoms. The third-order valence-electron chi connectivity index (χ3n) is 13.2. The molecule has 0 N–H and O–H groups in total. The van der Waals surface area contributed by atoms with Gasteiger partial charge in [-0.3, -0.25) is 0 Å². The minimum atomic E-state index is 0.621. The Kier molecular flexibility index (Phi) is 10.6. The van der Waals surface area contributed by atoms with Crippen LogP contribution in [0.25, 0.3) is 71.6 Å². The SMILES string of the molecule is N#Cc1ccc(N(c2ccc3c(c2)c2ccccc2n3-c2ccccc2)c2ccc(-c3ccc(N(c4ccc(-c5ccccc5)cc4)c4cccc(-c5ccccc5)c4)cc3)c3ccccc23)cc1. The van der Waals surface area contributed by atoms with E-state index in [4.69, 9.17) is 0 Å². The summed E-state index contributed by atoms with van der Waals surface area (Å²) in [7, 11) is 0. The molecule has 0 saturated heterocycles. The van der Waals surface area contributed by atoms with Crippen LogP contribution >= 0.6 is 0 Å². The fourth-order valence-electron chi connectivity index (χ4n) is 9.92. The van der Waals surface area contributed by atoms with Gasteiger partial charge in [0, 0.05) is 50.3 Å². The Morgan fingerprint density at radius 2 is 0.797 bits per heavy atom. The molecule has 4 nitrogen and oxygen atoms in total. The van der Waals surface area contributed by atoms with Crippen LogP contribution in [0, 0.1) is 11.3 Å². The van der Waals surface area contributed by atoms with Crippen molar-refractivity contribution in [3.05, 3.63) is 272 Å². The predicted octanol–water partition coefficient (Wildman–Crippen LogP) is 17.7. The highest BCUT2D eigenvalue weighted by molar-refractivity contribution is 6.12. The van der Waals surface area contributed by atoms with Gasteiger partial charge in [0.1, 0.15) is 0 Å². The van der Waals surface area contributed by atoms with Crippen molar-refractivity contribution < 1.29 is 0 Å². The first kappa shape index (κ1) is 41.0. The molecule has 0 unspecified atom stereocenters. The number of hydrogen-bond acceptors (Lipinski definition) is 3. The zero-order valence-electron chi connectivity index (χ0n) is 37.7. The lowest BCUT2D eigenvalue weighted by molar-refractivity contribution is 1.18. The Hall–Kier alpha value is -9.43. The molecule has 12 aromatic rings. The summed E-state index contributed by atoms with van der Waals surface area (Å²) in [5.41, 5.74) is 17.3. The van der Waals surface area contributed by atoms with Gasteiger partial charge in [-0.1, -0.05) is 164 Å². The number of para-hydroxylation sites is 2. The van der Waals surface area contributed by atoms with Crippen LogP contribution in [0.4, 0.5) is 34.1 Å². The second-order valence-corrected chi connectivity index (χ2v) is 17.3. The molecule has 0 amide bonds. The van der Waals surface area contributed by atoms with Gasteiger partial charge in [0.05, 0.1) is 28.4 Å². The zero-order valence-corrected chi connectivity index (χ0v) is 37.7. The summed E-state index contributed by atoms with van der Waals surface area (Å²) in [5, 5.41) is 14.4. The normalized spacial score (nSPS) is 11.2. The van der Waals surface area contributed by atoms with Crippen LogP contribution in [0.2, 0.25) is 0 Å². The molecule has 0 radical (unpaired) electrons. The smallest absolute Gasteiger partial charge is 0.0991 e. The van der Waals surface area contributed by atoms with Gasteiger partial charge in [0.2, 0.25) is 0 Å². The molecule has 0 saturated carbocycles. The molecule has 0 bridgehead atoms. The molecule has 0 aliphatic heterocycles. The van der Waals surface area contributed by atoms with Crippen molar-refractivity contribution in [2.24, 2.45) is 0 Å². The molecule has 1 heterocycles. The molecule has 69 heavy (non-hydrogen) atoms. The van der Waals surface area contributed by atoms with Crippen molar-refractivity contribution in [3.63, 3.8) is 0 Å². The summed E-state index contributed by atoms with van der Waals surface area (Å²) in [6, 6.07) is 97.1. The van der Waals surface area contributed by atoms with E-state index in [1.807, 2.05) is 24.3 Å². The largest absolute Gasteiger partial charge is 0.310 e. The molecular formula is C65H44N4. The van der Waals surface area contributed by atoms with Crippen LogP contribution in [0.1, 0.15) is 5.56 Å². The second kappa shape index (κ2) is 17.8. The summed E-state index contributed by atoms with van der Waals surface area (Å²) in [4.78, 5) is 4.67. The standard InChI is InChI=1S/C65H44N4/c66-45-46-27-33-55(34-28-46)68(57-39-41-65-62(44-57)61-25-12-13-26-63(61)69(65)52-20-8-3-9-21-52)64-42-40-58(59-23-10-11-24-60(59)64)50-31-37-54(38-32-50)67(53-35-29-49(30-36-53)47-15-4-1-5-16-47)56-22-14-19-51(43-56)48-17-6-2-7-18-48/h1-44H. The molecule has 324 valence electrons. The van der Waals surface area contributed by atoms with E-state index in [1.54, 1.807) is 0 Å². The van der Waals surface area contributed by atoms with E-state index >= 15 is 0 Å². The van der Waals surface area contributed by atoms with Crippen molar-refractivity contribution >= 4 is 66.7 Å². The minimum Gasteiger partial charge on any atom is -0.310 e. The number of fused-ring (bicyclic) bond motifs is 4. The van der Waals surface area contributed by atoms with Crippen LogP contribution in [0.3, 0.4) is 0 Å². The fourth-order valence-corrected chi connectivity index (χ4v) is 9.92. The Balaban J connectivity index is 0.963. The summed E-state index contributed by atoms with van der Waals surface area (Å²) >= 11 is 0. The highest BCUT2D eigenvalue weighted by Gasteiger charge is 2.21. The Labute approximate surface area is 402 Å². The zero-order chi connectivity index (χ0) is 46.1. The first-order valence-electron chi connectivity index (χ1n) is 23.3. The molecule has 11 aromatic carbocycles. The molecule has 1 aromatic heterocycles.